The molecule has 4 aromatic rings. The van der Waals surface area contributed by atoms with Crippen LogP contribution in [0.15, 0.2) is 90.6 Å². The van der Waals surface area contributed by atoms with E-state index in [0.29, 0.717) is 17.0 Å². The maximum atomic E-state index is 13.8. The van der Waals surface area contributed by atoms with Crippen LogP contribution in [0.4, 0.5) is 11.4 Å². The highest BCUT2D eigenvalue weighted by Crippen LogP contribution is 2.37. The Morgan fingerprint density at radius 1 is 0.697 bits per heavy atom. The average Bonchev–Trinajstić information content (AvgIpc) is 3.04. The summed E-state index contributed by atoms with van der Waals surface area (Å²) in [7, 11) is 0. The molecular weight excluding hydrogens is 408 g/mol. The fourth-order valence-electron chi connectivity index (χ4n) is 4.49. The Kier molecular flexibility index (Phi) is 5.06. The van der Waals surface area contributed by atoms with Gasteiger partial charge in [-0.1, -0.05) is 78.4 Å². The minimum Gasteiger partial charge on any atom is -0.350 e. The van der Waals surface area contributed by atoms with Crippen LogP contribution < -0.4 is 10.2 Å². The van der Waals surface area contributed by atoms with Gasteiger partial charge in [-0.2, -0.15) is 0 Å². The first-order valence-electron chi connectivity index (χ1n) is 11.0. The molecule has 0 bridgehead atoms. The highest BCUT2D eigenvalue weighted by atomic mass is 16.2. The van der Waals surface area contributed by atoms with E-state index in [9.17, 15) is 9.59 Å². The van der Waals surface area contributed by atoms with E-state index < -0.39 is 0 Å². The van der Waals surface area contributed by atoms with Crippen molar-refractivity contribution in [1.29, 1.82) is 0 Å². The molecule has 0 aliphatic carbocycles. The van der Waals surface area contributed by atoms with E-state index in [-0.39, 0.29) is 11.8 Å². The molecule has 0 unspecified atom stereocenters. The van der Waals surface area contributed by atoms with Crippen molar-refractivity contribution in [3.05, 3.63) is 113 Å². The molecule has 0 spiro atoms. The van der Waals surface area contributed by atoms with Crippen LogP contribution in [0.5, 0.6) is 0 Å². The number of aryl methyl sites for hydroxylation is 3. The molecule has 0 radical (unpaired) electrons. The molecule has 4 nitrogen and oxygen atoms in total. The van der Waals surface area contributed by atoms with Crippen molar-refractivity contribution in [2.45, 2.75) is 20.8 Å². The molecule has 1 aliphatic heterocycles. The Balaban J connectivity index is 1.71. The van der Waals surface area contributed by atoms with E-state index in [2.05, 4.69) is 5.32 Å². The van der Waals surface area contributed by atoms with Gasteiger partial charge >= 0.3 is 0 Å². The van der Waals surface area contributed by atoms with Gasteiger partial charge in [-0.25, -0.2) is 4.90 Å². The van der Waals surface area contributed by atoms with Gasteiger partial charge in [-0.15, -0.1) is 0 Å². The molecular formula is C29H24N2O2. The lowest BCUT2D eigenvalue weighted by molar-refractivity contribution is -0.120. The van der Waals surface area contributed by atoms with Crippen LogP contribution in [0.3, 0.4) is 0 Å². The number of benzene rings is 4. The van der Waals surface area contributed by atoms with E-state index in [0.717, 1.165) is 38.7 Å². The fourth-order valence-corrected chi connectivity index (χ4v) is 4.49. The van der Waals surface area contributed by atoms with Gasteiger partial charge in [0.1, 0.15) is 5.70 Å². The monoisotopic (exact) mass is 432 g/mol. The second kappa shape index (κ2) is 8.06. The molecule has 0 fully saturated rings. The first-order valence-corrected chi connectivity index (χ1v) is 11.0. The standard InChI is InChI=1S/C29H24N2O2/c1-18-15-16-22(20(3)17-18)26-27(30-24-13-8-11-21-10-5-6-12-23(21)24)29(33)31(28(26)32)25-14-7-4-9-19(25)2/h4-17,30H,1-3H3. The SMILES string of the molecule is Cc1ccc(C2=C(Nc3cccc4ccccc34)C(=O)N(c3ccccc3C)C2=O)c(C)c1. The number of imide groups is 1. The highest BCUT2D eigenvalue weighted by Gasteiger charge is 2.41. The molecule has 162 valence electrons. The van der Waals surface area contributed by atoms with Crippen molar-refractivity contribution in [1.82, 2.24) is 0 Å². The van der Waals surface area contributed by atoms with Crippen molar-refractivity contribution in [3.8, 4) is 0 Å². The maximum absolute atomic E-state index is 13.8. The molecule has 0 saturated heterocycles. The first kappa shape index (κ1) is 20.7. The first-order chi connectivity index (χ1) is 16.0. The molecule has 4 heteroatoms. The minimum atomic E-state index is -0.350. The van der Waals surface area contributed by atoms with Gasteiger partial charge in [0.25, 0.3) is 11.8 Å². The van der Waals surface area contributed by atoms with Gasteiger partial charge < -0.3 is 5.32 Å². The Morgan fingerprint density at radius 3 is 2.21 bits per heavy atom. The van der Waals surface area contributed by atoms with Crippen LogP contribution in [0, 0.1) is 20.8 Å². The van der Waals surface area contributed by atoms with E-state index in [1.165, 1.54) is 4.90 Å². The zero-order valence-corrected chi connectivity index (χ0v) is 18.8. The van der Waals surface area contributed by atoms with Gasteiger partial charge in [0.15, 0.2) is 0 Å². The third-order valence-electron chi connectivity index (χ3n) is 6.14. The van der Waals surface area contributed by atoms with Gasteiger partial charge in [0.2, 0.25) is 0 Å². The van der Waals surface area contributed by atoms with Crippen molar-refractivity contribution in [3.63, 3.8) is 0 Å². The molecule has 1 N–H and O–H groups in total. The van der Waals surface area contributed by atoms with Crippen LogP contribution in [-0.4, -0.2) is 11.8 Å². The van der Waals surface area contributed by atoms with Crippen molar-refractivity contribution >= 4 is 39.5 Å². The van der Waals surface area contributed by atoms with E-state index in [1.807, 2.05) is 106 Å². The number of anilines is 2. The molecule has 0 saturated carbocycles. The quantitative estimate of drug-likeness (QED) is 0.393. The summed E-state index contributed by atoms with van der Waals surface area (Å²) >= 11 is 0. The van der Waals surface area contributed by atoms with Gasteiger partial charge in [0.05, 0.1) is 11.3 Å². The Morgan fingerprint density at radius 2 is 1.42 bits per heavy atom. The topological polar surface area (TPSA) is 49.4 Å². The summed E-state index contributed by atoms with van der Waals surface area (Å²) in [5.41, 5.74) is 5.77. The molecule has 1 aliphatic rings. The van der Waals surface area contributed by atoms with Crippen molar-refractivity contribution in [2.24, 2.45) is 0 Å². The second-order valence-electron chi connectivity index (χ2n) is 8.45. The summed E-state index contributed by atoms with van der Waals surface area (Å²) in [4.78, 5) is 28.8. The number of nitrogens with one attached hydrogen (secondary N) is 1. The molecule has 2 amide bonds. The van der Waals surface area contributed by atoms with E-state index >= 15 is 0 Å². The summed E-state index contributed by atoms with van der Waals surface area (Å²) in [5, 5.41) is 5.39. The number of amides is 2. The van der Waals surface area contributed by atoms with Gasteiger partial charge in [-0.05, 0) is 55.0 Å². The summed E-state index contributed by atoms with van der Waals surface area (Å²) in [6.45, 7) is 5.89. The number of hydrogen-bond donors (Lipinski definition) is 1. The normalized spacial score (nSPS) is 13.8. The highest BCUT2D eigenvalue weighted by molar-refractivity contribution is 6.46. The zero-order valence-electron chi connectivity index (χ0n) is 18.8. The second-order valence-corrected chi connectivity index (χ2v) is 8.45. The largest absolute Gasteiger partial charge is 0.350 e. The Bertz CT molecular complexity index is 1460. The van der Waals surface area contributed by atoms with E-state index in [4.69, 9.17) is 0 Å². The number of rotatable bonds is 4. The third-order valence-corrected chi connectivity index (χ3v) is 6.14. The van der Waals surface area contributed by atoms with Crippen LogP contribution in [0.25, 0.3) is 16.3 Å². The Hall–Kier alpha value is -4.18. The third kappa shape index (κ3) is 3.50. The lowest BCUT2D eigenvalue weighted by atomic mass is 9.97. The Labute approximate surface area is 193 Å². The molecule has 5 rings (SSSR count). The number of hydrogen-bond acceptors (Lipinski definition) is 3. The molecule has 4 aromatic carbocycles. The van der Waals surface area contributed by atoms with Crippen molar-refractivity contribution in [2.75, 3.05) is 10.2 Å². The zero-order chi connectivity index (χ0) is 23.1. The predicted octanol–water partition coefficient (Wildman–Crippen LogP) is 6.16. The summed E-state index contributed by atoms with van der Waals surface area (Å²) in [5.74, 6) is -0.666. The molecule has 0 atom stereocenters. The minimum absolute atomic E-state index is 0.298. The van der Waals surface area contributed by atoms with E-state index in [1.54, 1.807) is 0 Å². The number of para-hydroxylation sites is 1. The number of fused-ring (bicyclic) bond motifs is 1. The molecule has 33 heavy (non-hydrogen) atoms. The number of nitrogens with zero attached hydrogens (tertiary/aromatic N) is 1. The molecule has 0 aromatic heterocycles. The number of carbonyl (C=O) groups is 2. The average molecular weight is 433 g/mol. The van der Waals surface area contributed by atoms with Crippen LogP contribution in [0.1, 0.15) is 22.3 Å². The van der Waals surface area contributed by atoms with Crippen LogP contribution in [0.2, 0.25) is 0 Å². The lowest BCUT2D eigenvalue weighted by Crippen LogP contribution is -2.33. The number of carbonyl (C=O) groups excluding carboxylic acids is 2. The smallest absolute Gasteiger partial charge is 0.282 e. The summed E-state index contributed by atoms with van der Waals surface area (Å²) in [6, 6.07) is 27.3. The predicted molar refractivity (Wildman–Crippen MR) is 134 cm³/mol. The van der Waals surface area contributed by atoms with Crippen LogP contribution in [-0.2, 0) is 9.59 Å². The molecule has 1 heterocycles. The van der Waals surface area contributed by atoms with Gasteiger partial charge in [0, 0.05) is 11.1 Å². The fraction of sp³-hybridized carbons (Fsp3) is 0.103. The van der Waals surface area contributed by atoms with Gasteiger partial charge in [-0.3, -0.25) is 9.59 Å². The maximum Gasteiger partial charge on any atom is 0.282 e. The van der Waals surface area contributed by atoms with Crippen molar-refractivity contribution < 1.29 is 9.59 Å². The summed E-state index contributed by atoms with van der Waals surface area (Å²) in [6.07, 6.45) is 0. The lowest BCUT2D eigenvalue weighted by Gasteiger charge is -2.18. The summed E-state index contributed by atoms with van der Waals surface area (Å²) < 4.78 is 0. The van der Waals surface area contributed by atoms with Crippen LogP contribution >= 0.6 is 0 Å².